The van der Waals surface area contributed by atoms with Crippen LogP contribution < -0.4 is 4.57 Å². The summed E-state index contributed by atoms with van der Waals surface area (Å²) in [6, 6.07) is 0.620. The number of H-pyrrole nitrogens is 1. The van der Waals surface area contributed by atoms with Crippen molar-refractivity contribution in [3.8, 4) is 0 Å². The zero-order valence-electron chi connectivity index (χ0n) is 29.0. The monoisotopic (exact) mass is 574 g/mol. The Kier molecular flexibility index (Phi) is 27.3. The summed E-state index contributed by atoms with van der Waals surface area (Å²) in [5.74, 6) is 2.25. The third-order valence-corrected chi connectivity index (χ3v) is 9.64. The Hall–Kier alpha value is -0.790. The first-order chi connectivity index (χ1) is 20.2. The van der Waals surface area contributed by atoms with Crippen LogP contribution in [0.25, 0.3) is 0 Å². The lowest BCUT2D eigenvalue weighted by molar-refractivity contribution is -0.727. The Bertz CT molecular complexity index is 635. The summed E-state index contributed by atoms with van der Waals surface area (Å²) in [7, 11) is 0. The molecule has 242 valence electrons. The summed E-state index contributed by atoms with van der Waals surface area (Å²) in [6.45, 7) is 9.41. The minimum absolute atomic E-state index is 0.620. The molecule has 0 fully saturated rings. The first kappa shape index (κ1) is 38.2. The van der Waals surface area contributed by atoms with Crippen molar-refractivity contribution in [3.05, 3.63) is 18.2 Å². The van der Waals surface area contributed by atoms with E-state index < -0.39 is 0 Å². The van der Waals surface area contributed by atoms with E-state index in [2.05, 4.69) is 49.6 Å². The zero-order chi connectivity index (χ0) is 29.6. The highest BCUT2D eigenvalue weighted by atomic mass is 15.1. The van der Waals surface area contributed by atoms with Crippen LogP contribution in [-0.2, 0) is 0 Å². The van der Waals surface area contributed by atoms with E-state index in [9.17, 15) is 0 Å². The van der Waals surface area contributed by atoms with Crippen molar-refractivity contribution in [2.75, 3.05) is 0 Å². The highest BCUT2D eigenvalue weighted by molar-refractivity contribution is 4.90. The molecule has 2 unspecified atom stereocenters. The van der Waals surface area contributed by atoms with Gasteiger partial charge >= 0.3 is 0 Å². The zero-order valence-corrected chi connectivity index (χ0v) is 29.0. The molecule has 2 atom stereocenters. The lowest BCUT2D eigenvalue weighted by Gasteiger charge is -2.17. The van der Waals surface area contributed by atoms with E-state index in [0.29, 0.717) is 12.0 Å². The molecule has 0 aliphatic rings. The van der Waals surface area contributed by atoms with Crippen LogP contribution in [-0.4, -0.2) is 4.98 Å². The molecule has 0 saturated carbocycles. The molecule has 1 heterocycles. The maximum atomic E-state index is 3.74. The van der Waals surface area contributed by atoms with Gasteiger partial charge in [-0.2, -0.15) is 0 Å². The highest BCUT2D eigenvalue weighted by Crippen LogP contribution is 2.27. The van der Waals surface area contributed by atoms with Crippen molar-refractivity contribution < 1.29 is 4.57 Å². The highest BCUT2D eigenvalue weighted by Gasteiger charge is 2.25. The van der Waals surface area contributed by atoms with E-state index in [0.717, 1.165) is 0 Å². The molecule has 1 N–H and O–H groups in total. The number of unbranched alkanes of at least 4 members (excludes halogenated alkanes) is 24. The normalized spacial score (nSPS) is 13.2. The molecule has 2 nitrogen and oxygen atoms in total. The number of imidazole rings is 1. The van der Waals surface area contributed by atoms with Gasteiger partial charge in [0.05, 0.1) is 12.0 Å². The predicted molar refractivity (Wildman–Crippen MR) is 184 cm³/mol. The van der Waals surface area contributed by atoms with E-state index in [-0.39, 0.29) is 0 Å². The number of rotatable bonds is 32. The maximum absolute atomic E-state index is 3.74. The number of nitrogens with zero attached hydrogens (tertiary/aromatic N) is 1. The summed E-state index contributed by atoms with van der Waals surface area (Å²) in [4.78, 5) is 3.74. The molecule has 0 bridgehead atoms. The van der Waals surface area contributed by atoms with Crippen molar-refractivity contribution >= 4 is 0 Å². The fourth-order valence-electron chi connectivity index (χ4n) is 6.78. The van der Waals surface area contributed by atoms with Gasteiger partial charge in [0, 0.05) is 0 Å². The SMILES string of the molecule is CCCCCCCCCCCCC(C)[n+]1cc[nH]c1C(CCCCCCCCCC)CCCCCCCCCCC. The van der Waals surface area contributed by atoms with Gasteiger partial charge in [-0.1, -0.05) is 188 Å². The van der Waals surface area contributed by atoms with Crippen molar-refractivity contribution in [2.45, 2.75) is 232 Å². The van der Waals surface area contributed by atoms with Gasteiger partial charge in [0.15, 0.2) is 0 Å². The molecule has 0 radical (unpaired) electrons. The number of hydrogen-bond acceptors (Lipinski definition) is 0. The molecule has 2 heteroatoms. The number of aromatic nitrogens is 2. The fourth-order valence-corrected chi connectivity index (χ4v) is 6.78. The Labute approximate surface area is 259 Å². The smallest absolute Gasteiger partial charge is 0.247 e. The van der Waals surface area contributed by atoms with Crippen molar-refractivity contribution in [1.82, 2.24) is 4.98 Å². The van der Waals surface area contributed by atoms with Gasteiger partial charge in [0.25, 0.3) is 5.82 Å². The molecule has 0 amide bonds. The topological polar surface area (TPSA) is 19.7 Å². The summed E-state index contributed by atoms with van der Waals surface area (Å²) in [6.07, 6.45) is 47.2. The second kappa shape index (κ2) is 29.3. The Morgan fingerprint density at radius 1 is 0.463 bits per heavy atom. The number of nitrogens with one attached hydrogen (secondary N) is 1. The van der Waals surface area contributed by atoms with E-state index in [1.807, 2.05) is 0 Å². The quantitative estimate of drug-likeness (QED) is 0.0653. The van der Waals surface area contributed by atoms with Gasteiger partial charge < -0.3 is 0 Å². The minimum atomic E-state index is 0.620. The van der Waals surface area contributed by atoms with Crippen LogP contribution in [0.1, 0.15) is 238 Å². The van der Waals surface area contributed by atoms with Gasteiger partial charge in [-0.05, 0) is 32.6 Å². The summed E-state index contributed by atoms with van der Waals surface area (Å²) in [5.41, 5.74) is 0. The van der Waals surface area contributed by atoms with E-state index >= 15 is 0 Å². The molecule has 0 saturated heterocycles. The van der Waals surface area contributed by atoms with Crippen LogP contribution in [0.15, 0.2) is 12.4 Å². The molecule has 1 aromatic heterocycles. The van der Waals surface area contributed by atoms with Crippen molar-refractivity contribution in [3.63, 3.8) is 0 Å². The van der Waals surface area contributed by atoms with Gasteiger partial charge in [0.2, 0.25) is 0 Å². The van der Waals surface area contributed by atoms with Crippen LogP contribution >= 0.6 is 0 Å². The largest absolute Gasteiger partial charge is 0.257 e. The fraction of sp³-hybridized carbons (Fsp3) is 0.923. The van der Waals surface area contributed by atoms with Crippen LogP contribution in [0, 0.1) is 0 Å². The Morgan fingerprint density at radius 3 is 1.15 bits per heavy atom. The molecule has 0 aliphatic carbocycles. The summed E-state index contributed by atoms with van der Waals surface area (Å²) >= 11 is 0. The molecule has 0 aliphatic heterocycles. The molecule has 0 aromatic carbocycles. The Morgan fingerprint density at radius 2 is 0.780 bits per heavy atom. The van der Waals surface area contributed by atoms with Gasteiger partial charge in [-0.15, -0.1) is 0 Å². The predicted octanol–water partition coefficient (Wildman–Crippen LogP) is 13.7. The summed E-state index contributed by atoms with van der Waals surface area (Å²) < 4.78 is 2.64. The number of hydrogen-bond donors (Lipinski definition) is 1. The average Bonchev–Trinajstić information content (AvgIpc) is 3.47. The lowest BCUT2D eigenvalue weighted by Crippen LogP contribution is -2.41. The number of aromatic amines is 1. The first-order valence-electron chi connectivity index (χ1n) is 19.3. The summed E-state index contributed by atoms with van der Waals surface area (Å²) in [5, 5.41) is 0. The second-order valence-electron chi connectivity index (χ2n) is 13.6. The van der Waals surface area contributed by atoms with Crippen LogP contribution in [0.4, 0.5) is 0 Å². The van der Waals surface area contributed by atoms with Crippen LogP contribution in [0.5, 0.6) is 0 Å². The van der Waals surface area contributed by atoms with Crippen LogP contribution in [0.3, 0.4) is 0 Å². The lowest BCUT2D eigenvalue weighted by atomic mass is 9.92. The first-order valence-corrected chi connectivity index (χ1v) is 19.3. The minimum Gasteiger partial charge on any atom is -0.247 e. The van der Waals surface area contributed by atoms with E-state index in [1.54, 1.807) is 0 Å². The molecule has 1 rings (SSSR count). The van der Waals surface area contributed by atoms with Gasteiger partial charge in [-0.25, -0.2) is 9.55 Å². The molecule has 0 spiro atoms. The average molecular weight is 574 g/mol. The third kappa shape index (κ3) is 21.5. The second-order valence-corrected chi connectivity index (χ2v) is 13.6. The molecular weight excluding hydrogens is 496 g/mol. The standard InChI is InChI=1S/C39H76N2/c1-5-8-11-14-17-20-22-23-26-29-32-37(4)41-36-35-40-39(41)38(33-30-27-24-19-16-13-10-7-3)34-31-28-25-21-18-15-12-9-6-2/h35-38H,5-34H2,1-4H3/p+1. The van der Waals surface area contributed by atoms with Gasteiger partial charge in [-0.3, -0.25) is 0 Å². The van der Waals surface area contributed by atoms with Crippen molar-refractivity contribution in [2.24, 2.45) is 0 Å². The van der Waals surface area contributed by atoms with Gasteiger partial charge in [0.1, 0.15) is 12.4 Å². The van der Waals surface area contributed by atoms with Crippen molar-refractivity contribution in [1.29, 1.82) is 0 Å². The third-order valence-electron chi connectivity index (χ3n) is 9.64. The van der Waals surface area contributed by atoms with Crippen LogP contribution in [0.2, 0.25) is 0 Å². The molecule has 1 aromatic rings. The molecule has 41 heavy (non-hydrogen) atoms. The Balaban J connectivity index is 2.44. The van der Waals surface area contributed by atoms with E-state index in [4.69, 9.17) is 0 Å². The molecular formula is C39H77N2+. The maximum Gasteiger partial charge on any atom is 0.257 e. The van der Waals surface area contributed by atoms with E-state index in [1.165, 1.54) is 198 Å².